The number of hydrogen-bond acceptors (Lipinski definition) is 23. The van der Waals surface area contributed by atoms with E-state index in [0.717, 1.165) is 6.07 Å². The fourth-order valence-corrected chi connectivity index (χ4v) is 7.82. The van der Waals surface area contributed by atoms with E-state index in [1.165, 1.54) is 49.6 Å². The van der Waals surface area contributed by atoms with Crippen LogP contribution in [0.2, 0.25) is 0 Å². The van der Waals surface area contributed by atoms with Gasteiger partial charge in [-0.15, -0.1) is 15.3 Å². The number of nitrogens with two attached hydrogens (primary N) is 1. The summed E-state index contributed by atoms with van der Waals surface area (Å²) >= 11 is 0.939. The van der Waals surface area contributed by atoms with Crippen molar-refractivity contribution in [2.45, 2.75) is 21.6 Å². The first kappa shape index (κ1) is 59.9. The van der Waals surface area contributed by atoms with E-state index >= 15 is 0 Å². The summed E-state index contributed by atoms with van der Waals surface area (Å²) in [6.07, 6.45) is 0. The number of azo groups is 3. The Hall–Kier alpha value is -3.45. The summed E-state index contributed by atoms with van der Waals surface area (Å²) in [4.78, 5) is -0.246. The SMILES string of the molecule is COc1cc(N=Nc2cc(O)c(N=Nc3c(SOO[O-])cc4cc(NCOc5ccc(N)cc5)ccc4c3O)cc2C)ccc1N=Nc1ccc2cc(SOO[O-])cc(S(=O)(=O)[O-])c2c1.[Cu].[Na+].[Na+].[Na+]. The van der Waals surface area contributed by atoms with E-state index in [1.807, 2.05) is 0 Å². The molecular weight excluding hydrogens is 1040 g/mol. The number of methoxy groups -OCH3 is 1. The van der Waals surface area contributed by atoms with Crippen molar-refractivity contribution in [1.29, 1.82) is 0 Å². The van der Waals surface area contributed by atoms with Gasteiger partial charge in [-0.2, -0.15) is 24.0 Å². The van der Waals surface area contributed by atoms with Gasteiger partial charge in [-0.05, 0) is 114 Å². The first-order chi connectivity index (χ1) is 31.3. The zero-order valence-electron chi connectivity index (χ0n) is 36.8. The van der Waals surface area contributed by atoms with Crippen LogP contribution in [-0.4, -0.2) is 37.0 Å². The molecule has 0 amide bonds. The standard InChI is InChI=1S/C41H34N8O13S3.Cu.3Na/c1-22-13-35(48-49-40-38(64-62-60-53)16-24-14-26(7-11-31(24)41(40)51)43-21-58-29-9-4-25(42)5-10-29)36(50)20-34(22)47-45-28-8-12-33(37(18-28)57-2)46-44-27-6-3-23-15-30(63-61-59-52)19-39(32(23)17-27)65(54,55)56;;;;/h3-20,43,50-53H,21,42H2,1-2H3,(H,54,55,56);;;;/q;;3*+1/p-3. The van der Waals surface area contributed by atoms with Crippen molar-refractivity contribution in [2.24, 2.45) is 30.7 Å². The van der Waals surface area contributed by atoms with E-state index in [0.29, 0.717) is 68.6 Å². The molecule has 7 aromatic carbocycles. The predicted molar refractivity (Wildman–Crippen MR) is 232 cm³/mol. The van der Waals surface area contributed by atoms with Gasteiger partial charge in [0.15, 0.2) is 12.5 Å². The number of nitrogens with zero attached hydrogens (tertiary/aromatic N) is 6. The van der Waals surface area contributed by atoms with Gasteiger partial charge in [0.2, 0.25) is 0 Å². The maximum atomic E-state index is 12.1. The molecule has 0 fully saturated rings. The van der Waals surface area contributed by atoms with Gasteiger partial charge in [0.1, 0.15) is 44.4 Å². The number of phenolic OH excluding ortho intramolecular Hbond substituents is 2. The van der Waals surface area contributed by atoms with Gasteiger partial charge >= 0.3 is 88.7 Å². The van der Waals surface area contributed by atoms with Crippen LogP contribution in [0.3, 0.4) is 0 Å². The van der Waals surface area contributed by atoms with E-state index in [2.05, 4.69) is 54.7 Å². The van der Waals surface area contributed by atoms with Crippen molar-refractivity contribution in [3.63, 3.8) is 0 Å². The van der Waals surface area contributed by atoms with Crippen LogP contribution >= 0.6 is 24.1 Å². The van der Waals surface area contributed by atoms with Crippen LogP contribution < -0.4 is 120 Å². The van der Waals surface area contributed by atoms with Crippen LogP contribution in [0.4, 0.5) is 45.5 Å². The fraction of sp³-hybridized carbons (Fsp3) is 0.0732. The molecule has 0 unspecified atom stereocenters. The van der Waals surface area contributed by atoms with Crippen LogP contribution in [0, 0.1) is 6.92 Å². The van der Waals surface area contributed by atoms with Gasteiger partial charge in [0, 0.05) is 56.2 Å². The molecule has 1 radical (unpaired) electrons. The average molecular weight is 1070 g/mol. The molecule has 21 nitrogen and oxygen atoms in total. The van der Waals surface area contributed by atoms with Crippen LogP contribution in [0.5, 0.6) is 23.0 Å². The monoisotopic (exact) mass is 1070 g/mol. The van der Waals surface area contributed by atoms with E-state index in [9.17, 15) is 33.7 Å². The summed E-state index contributed by atoms with van der Waals surface area (Å²) in [5.41, 5.74) is 8.61. The van der Waals surface area contributed by atoms with Gasteiger partial charge in [-0.1, -0.05) is 6.07 Å². The summed E-state index contributed by atoms with van der Waals surface area (Å²) in [7, 11) is -3.54. The second kappa shape index (κ2) is 28.0. The van der Waals surface area contributed by atoms with Crippen molar-refractivity contribution in [2.75, 3.05) is 24.9 Å². The van der Waals surface area contributed by atoms with Crippen molar-refractivity contribution in [1.82, 2.24) is 0 Å². The van der Waals surface area contributed by atoms with Gasteiger partial charge in [0.25, 0.3) is 0 Å². The van der Waals surface area contributed by atoms with E-state index in [-0.39, 0.29) is 173 Å². The molecule has 345 valence electrons. The molecule has 28 heteroatoms. The number of hydrogen-bond donors (Lipinski definition) is 4. The number of aromatic hydroxyl groups is 2. The molecule has 5 N–H and O–H groups in total. The number of fused-ring (bicyclic) bond motifs is 2. The number of rotatable bonds is 18. The molecule has 0 aliphatic carbocycles. The molecule has 0 aromatic heterocycles. The molecule has 0 bridgehead atoms. The first-order valence-corrected chi connectivity index (χ1v) is 21.3. The normalized spacial score (nSPS) is 11.3. The van der Waals surface area contributed by atoms with E-state index in [4.69, 9.17) is 15.2 Å². The summed E-state index contributed by atoms with van der Waals surface area (Å²) in [6.45, 7) is 1.84. The predicted octanol–water partition coefficient (Wildman–Crippen LogP) is 0.373. The Bertz CT molecular complexity index is 3110. The summed E-state index contributed by atoms with van der Waals surface area (Å²) < 4.78 is 56.1. The van der Waals surface area contributed by atoms with Crippen LogP contribution in [-0.2, 0) is 45.9 Å². The van der Waals surface area contributed by atoms with Crippen molar-refractivity contribution in [3.8, 4) is 23.0 Å². The maximum Gasteiger partial charge on any atom is 1.00 e. The Morgan fingerprint density at radius 2 is 1.36 bits per heavy atom. The third-order valence-corrected chi connectivity index (χ3v) is 11.2. The Balaban J connectivity index is 0.00000315. The molecule has 0 heterocycles. The Labute approximate surface area is 478 Å². The number of anilines is 2. The Morgan fingerprint density at radius 1 is 0.696 bits per heavy atom. The quantitative estimate of drug-likeness (QED) is 0.0132. The molecule has 0 aliphatic rings. The topological polar surface area (TPSA) is 311 Å². The van der Waals surface area contributed by atoms with Gasteiger partial charge < -0.3 is 45.8 Å². The number of ether oxygens (including phenoxy) is 2. The molecule has 7 rings (SSSR count). The second-order valence-electron chi connectivity index (χ2n) is 13.3. The minimum absolute atomic E-state index is 0. The van der Waals surface area contributed by atoms with Crippen molar-refractivity contribution in [3.05, 3.63) is 115 Å². The molecule has 0 aliphatic heterocycles. The molecule has 7 aromatic rings. The third-order valence-electron chi connectivity index (χ3n) is 9.16. The van der Waals surface area contributed by atoms with Crippen LogP contribution in [0.15, 0.2) is 155 Å². The molecule has 0 saturated carbocycles. The molecule has 0 atom stereocenters. The van der Waals surface area contributed by atoms with E-state index < -0.39 is 15.0 Å². The van der Waals surface area contributed by atoms with Crippen LogP contribution in [0.1, 0.15) is 5.56 Å². The number of phenols is 2. The van der Waals surface area contributed by atoms with Gasteiger partial charge in [-0.25, -0.2) is 8.42 Å². The van der Waals surface area contributed by atoms with Crippen molar-refractivity contribution >= 4 is 101 Å². The number of benzene rings is 7. The first-order valence-electron chi connectivity index (χ1n) is 18.4. The van der Waals surface area contributed by atoms with Crippen LogP contribution in [0.25, 0.3) is 21.5 Å². The average Bonchev–Trinajstić information content (AvgIpc) is 3.29. The zero-order valence-corrected chi connectivity index (χ0v) is 46.2. The summed E-state index contributed by atoms with van der Waals surface area (Å²) in [5, 5.41) is 79.8. The van der Waals surface area contributed by atoms with E-state index in [1.54, 1.807) is 67.6 Å². The number of nitrogens with one attached hydrogen (secondary N) is 1. The Kier molecular flexibility index (Phi) is 24.3. The van der Waals surface area contributed by atoms with Gasteiger partial charge in [0.05, 0.1) is 58.0 Å². The summed E-state index contributed by atoms with van der Waals surface area (Å²) in [6, 6.07) is 28.1. The molecule has 69 heavy (non-hydrogen) atoms. The molecular formula is C41H31CuN8Na3O13S3. The largest absolute Gasteiger partial charge is 1.00 e. The summed E-state index contributed by atoms with van der Waals surface area (Å²) in [5.74, 6) is 0.268. The van der Waals surface area contributed by atoms with Gasteiger partial charge in [-0.3, -0.25) is 10.1 Å². The minimum Gasteiger partial charge on any atom is -0.744 e. The number of nitrogen functional groups attached to an aromatic ring is 1. The zero-order chi connectivity index (χ0) is 46.1. The smallest absolute Gasteiger partial charge is 0.744 e. The Morgan fingerprint density at radius 3 is 2.06 bits per heavy atom. The third kappa shape index (κ3) is 15.8. The molecule has 0 spiro atoms. The maximum absolute atomic E-state index is 12.1. The van der Waals surface area contributed by atoms with Crippen molar-refractivity contribution < 1.29 is 168 Å². The second-order valence-corrected chi connectivity index (χ2v) is 16.2. The molecule has 0 saturated heterocycles. The number of aryl methyl sites for hydroxylation is 1. The fourth-order valence-electron chi connectivity index (χ4n) is 6.09. The minimum atomic E-state index is -4.95.